The molecule has 0 amide bonds. The minimum Gasteiger partial charge on any atom is -0.0843 e. The summed E-state index contributed by atoms with van der Waals surface area (Å²) in [5.41, 5.74) is 0. The number of allylic oxidation sites excluding steroid dienone is 4. The van der Waals surface area contributed by atoms with E-state index in [4.69, 9.17) is 0 Å². The fourth-order valence-corrected chi connectivity index (χ4v) is 6.75. The van der Waals surface area contributed by atoms with Gasteiger partial charge in [-0.25, -0.2) is 0 Å². The third kappa shape index (κ3) is 2.30. The Balaban J connectivity index is 2.18. The Kier molecular flexibility index (Phi) is 3.70. The lowest BCUT2D eigenvalue weighted by molar-refractivity contribution is 1.03. The van der Waals surface area contributed by atoms with Crippen LogP contribution in [0.1, 0.15) is 12.8 Å². The van der Waals surface area contributed by atoms with Crippen molar-refractivity contribution >= 4 is 18.4 Å². The van der Waals surface area contributed by atoms with Crippen LogP contribution >= 0.6 is 0 Å². The van der Waals surface area contributed by atoms with Crippen molar-refractivity contribution < 1.29 is 0 Å². The van der Waals surface area contributed by atoms with Crippen LogP contribution in [-0.4, -0.2) is 8.07 Å². The average Bonchev–Trinajstić information content (AvgIpc) is 2.56. The molecule has 0 bridgehead atoms. The Bertz CT molecular complexity index is 584. The standard InChI is InChI=1S/C19H20Si/c1-20(17-11-5-2-6-12-17,18-13-7-3-8-14-18)19-15-9-4-10-16-19/h2-3,5-9,11-16H,4,10H2,1H3. The summed E-state index contributed by atoms with van der Waals surface area (Å²) in [6, 6.07) is 22.0. The van der Waals surface area contributed by atoms with Crippen LogP contribution in [0.25, 0.3) is 0 Å². The van der Waals surface area contributed by atoms with Gasteiger partial charge in [-0.15, -0.1) is 0 Å². The molecule has 0 aromatic heterocycles. The molecule has 0 unspecified atom stereocenters. The maximum Gasteiger partial charge on any atom is 0.144 e. The zero-order valence-electron chi connectivity index (χ0n) is 11.9. The quantitative estimate of drug-likeness (QED) is 0.750. The van der Waals surface area contributed by atoms with E-state index in [9.17, 15) is 0 Å². The van der Waals surface area contributed by atoms with E-state index < -0.39 is 8.07 Å². The molecule has 0 atom stereocenters. The summed E-state index contributed by atoms with van der Waals surface area (Å²) in [6.45, 7) is 2.47. The second-order valence-electron chi connectivity index (χ2n) is 5.50. The van der Waals surface area contributed by atoms with Gasteiger partial charge >= 0.3 is 0 Å². The maximum atomic E-state index is 2.47. The van der Waals surface area contributed by atoms with Crippen LogP contribution in [0.15, 0.2) is 84.1 Å². The summed E-state index contributed by atoms with van der Waals surface area (Å²) < 4.78 is 0. The Morgan fingerprint density at radius 1 is 0.750 bits per heavy atom. The lowest BCUT2D eigenvalue weighted by atomic mass is 10.2. The van der Waals surface area contributed by atoms with E-state index in [0.717, 1.165) is 0 Å². The highest BCUT2D eigenvalue weighted by atomic mass is 28.3. The van der Waals surface area contributed by atoms with Crippen molar-refractivity contribution in [3.05, 3.63) is 84.1 Å². The predicted octanol–water partition coefficient (Wildman–Crippen LogP) is 3.70. The second kappa shape index (κ2) is 5.64. The maximum absolute atomic E-state index is 2.47. The van der Waals surface area contributed by atoms with Gasteiger partial charge in [-0.3, -0.25) is 0 Å². The van der Waals surface area contributed by atoms with Crippen molar-refractivity contribution in [2.75, 3.05) is 0 Å². The zero-order valence-corrected chi connectivity index (χ0v) is 12.9. The first kappa shape index (κ1) is 13.1. The molecule has 1 aliphatic rings. The Hall–Kier alpha value is -1.86. The Morgan fingerprint density at radius 2 is 1.30 bits per heavy atom. The molecule has 0 nitrogen and oxygen atoms in total. The van der Waals surface area contributed by atoms with Crippen molar-refractivity contribution in [3.8, 4) is 0 Å². The molecule has 0 saturated heterocycles. The summed E-state index contributed by atoms with van der Waals surface area (Å²) in [4.78, 5) is 0. The van der Waals surface area contributed by atoms with Gasteiger partial charge in [-0.1, -0.05) is 90.6 Å². The van der Waals surface area contributed by atoms with Gasteiger partial charge in [0.05, 0.1) is 0 Å². The molecular weight excluding hydrogens is 256 g/mol. The van der Waals surface area contributed by atoms with Crippen LogP contribution in [-0.2, 0) is 0 Å². The lowest BCUT2D eigenvalue weighted by Gasteiger charge is -2.31. The van der Waals surface area contributed by atoms with Gasteiger partial charge in [0.2, 0.25) is 0 Å². The smallest absolute Gasteiger partial charge is 0.0843 e. The largest absolute Gasteiger partial charge is 0.144 e. The van der Waals surface area contributed by atoms with Crippen molar-refractivity contribution in [2.45, 2.75) is 19.4 Å². The predicted molar refractivity (Wildman–Crippen MR) is 90.2 cm³/mol. The lowest BCUT2D eigenvalue weighted by Crippen LogP contribution is -2.57. The summed E-state index contributed by atoms with van der Waals surface area (Å²) in [5, 5.41) is 4.52. The first-order chi connectivity index (χ1) is 9.82. The molecule has 0 heterocycles. The molecule has 1 aliphatic carbocycles. The fraction of sp³-hybridized carbons (Fsp3) is 0.158. The highest BCUT2D eigenvalue weighted by Gasteiger charge is 2.34. The molecule has 0 aliphatic heterocycles. The molecule has 0 fully saturated rings. The molecule has 0 radical (unpaired) electrons. The van der Waals surface area contributed by atoms with Crippen LogP contribution < -0.4 is 10.4 Å². The third-order valence-corrected chi connectivity index (χ3v) is 8.78. The van der Waals surface area contributed by atoms with Crippen molar-refractivity contribution in [2.24, 2.45) is 0 Å². The monoisotopic (exact) mass is 276 g/mol. The summed E-state index contributed by atoms with van der Waals surface area (Å²) in [5.74, 6) is 0. The molecule has 3 rings (SSSR count). The van der Waals surface area contributed by atoms with Gasteiger partial charge in [0.15, 0.2) is 0 Å². The van der Waals surface area contributed by atoms with E-state index in [1.165, 1.54) is 23.2 Å². The minimum atomic E-state index is -1.83. The first-order valence-electron chi connectivity index (χ1n) is 7.30. The van der Waals surface area contributed by atoms with Crippen LogP contribution in [0, 0.1) is 0 Å². The molecule has 2 aromatic carbocycles. The van der Waals surface area contributed by atoms with Gasteiger partial charge in [0.25, 0.3) is 0 Å². The molecule has 20 heavy (non-hydrogen) atoms. The van der Waals surface area contributed by atoms with E-state index >= 15 is 0 Å². The number of rotatable bonds is 3. The van der Waals surface area contributed by atoms with Gasteiger partial charge in [-0.2, -0.15) is 0 Å². The Morgan fingerprint density at radius 3 is 1.75 bits per heavy atom. The Labute approximate surface area is 122 Å². The van der Waals surface area contributed by atoms with Crippen LogP contribution in [0.3, 0.4) is 0 Å². The highest BCUT2D eigenvalue weighted by molar-refractivity contribution is 7.07. The van der Waals surface area contributed by atoms with Crippen molar-refractivity contribution in [1.29, 1.82) is 0 Å². The molecule has 0 saturated carbocycles. The minimum absolute atomic E-state index is 1.17. The molecular formula is C19H20Si. The van der Waals surface area contributed by atoms with Crippen molar-refractivity contribution in [1.82, 2.24) is 0 Å². The van der Waals surface area contributed by atoms with E-state index in [2.05, 4.69) is 85.4 Å². The van der Waals surface area contributed by atoms with Gasteiger partial charge < -0.3 is 0 Å². The SMILES string of the molecule is C[Si](C1=CCCC=C1)(c1ccccc1)c1ccccc1. The summed E-state index contributed by atoms with van der Waals surface area (Å²) in [6.07, 6.45) is 9.49. The van der Waals surface area contributed by atoms with E-state index in [-0.39, 0.29) is 0 Å². The van der Waals surface area contributed by atoms with Gasteiger partial charge in [0.1, 0.15) is 8.07 Å². The number of hydrogen-bond acceptors (Lipinski definition) is 0. The zero-order chi connectivity index (χ0) is 13.8. The van der Waals surface area contributed by atoms with E-state index in [1.807, 2.05) is 0 Å². The second-order valence-corrected chi connectivity index (χ2v) is 9.48. The van der Waals surface area contributed by atoms with Crippen LogP contribution in [0.4, 0.5) is 0 Å². The molecule has 2 aromatic rings. The normalized spacial score (nSPS) is 14.9. The molecule has 1 heteroatoms. The topological polar surface area (TPSA) is 0 Å². The van der Waals surface area contributed by atoms with Gasteiger partial charge in [0, 0.05) is 0 Å². The third-order valence-electron chi connectivity index (χ3n) is 4.27. The van der Waals surface area contributed by atoms with E-state index in [1.54, 1.807) is 5.20 Å². The number of hydrogen-bond donors (Lipinski definition) is 0. The number of benzene rings is 2. The van der Waals surface area contributed by atoms with Gasteiger partial charge in [-0.05, 0) is 23.2 Å². The first-order valence-corrected chi connectivity index (χ1v) is 9.80. The molecule has 100 valence electrons. The average molecular weight is 276 g/mol. The highest BCUT2D eigenvalue weighted by Crippen LogP contribution is 2.21. The summed E-state index contributed by atoms with van der Waals surface area (Å²) in [7, 11) is -1.83. The fourth-order valence-electron chi connectivity index (χ4n) is 3.03. The van der Waals surface area contributed by atoms with Crippen LogP contribution in [0.2, 0.25) is 6.55 Å². The molecule has 0 spiro atoms. The summed E-state index contributed by atoms with van der Waals surface area (Å²) >= 11 is 0. The van der Waals surface area contributed by atoms with E-state index in [0.29, 0.717) is 0 Å². The molecule has 0 N–H and O–H groups in total. The van der Waals surface area contributed by atoms with Crippen LogP contribution in [0.5, 0.6) is 0 Å². The van der Waals surface area contributed by atoms with Crippen molar-refractivity contribution in [3.63, 3.8) is 0 Å².